The van der Waals surface area contributed by atoms with Crippen LogP contribution in [0, 0.1) is 0 Å². The second kappa shape index (κ2) is 7.27. The Bertz CT molecular complexity index is 666. The van der Waals surface area contributed by atoms with E-state index in [0.29, 0.717) is 11.4 Å². The zero-order valence-electron chi connectivity index (χ0n) is 12.7. The number of carbonyl (C=O) groups excluding carboxylic acids is 2. The van der Waals surface area contributed by atoms with Crippen molar-refractivity contribution in [1.82, 2.24) is 4.90 Å². The van der Waals surface area contributed by atoms with E-state index in [1.54, 1.807) is 11.0 Å². The average molecular weight is 346 g/mol. The van der Waals surface area contributed by atoms with Gasteiger partial charge in [-0.2, -0.15) is 11.8 Å². The summed E-state index contributed by atoms with van der Waals surface area (Å²) in [4.78, 5) is 30.1. The normalized spacial score (nSPS) is 19.7. The van der Waals surface area contributed by atoms with Crippen molar-refractivity contribution in [3.8, 4) is 0 Å². The van der Waals surface area contributed by atoms with E-state index in [1.165, 1.54) is 17.8 Å². The maximum Gasteiger partial charge on any atom is 0.265 e. The number of para-hydroxylation sites is 1. The van der Waals surface area contributed by atoms with Crippen molar-refractivity contribution in [2.45, 2.75) is 4.90 Å². The summed E-state index contributed by atoms with van der Waals surface area (Å²) in [7, 11) is 0. The molecular formula is C17H18N2O2S2. The van der Waals surface area contributed by atoms with Gasteiger partial charge < -0.3 is 9.80 Å². The van der Waals surface area contributed by atoms with Crippen molar-refractivity contribution in [3.05, 3.63) is 47.9 Å². The summed E-state index contributed by atoms with van der Waals surface area (Å²) < 4.78 is 0. The lowest BCUT2D eigenvalue weighted by molar-refractivity contribution is -0.126. The summed E-state index contributed by atoms with van der Waals surface area (Å²) in [5.74, 6) is 1.72. The lowest BCUT2D eigenvalue weighted by Gasteiger charge is -2.30. The Morgan fingerprint density at radius 3 is 2.74 bits per heavy atom. The molecule has 0 atom stereocenters. The second-order valence-electron chi connectivity index (χ2n) is 5.22. The largest absolute Gasteiger partial charge is 0.337 e. The van der Waals surface area contributed by atoms with E-state index < -0.39 is 0 Å². The van der Waals surface area contributed by atoms with Crippen LogP contribution in [-0.2, 0) is 9.59 Å². The van der Waals surface area contributed by atoms with E-state index in [9.17, 15) is 9.59 Å². The smallest absolute Gasteiger partial charge is 0.265 e. The number of rotatable bonds is 3. The van der Waals surface area contributed by atoms with Crippen LogP contribution in [0.2, 0.25) is 0 Å². The minimum atomic E-state index is -0.131. The van der Waals surface area contributed by atoms with Crippen molar-refractivity contribution in [3.63, 3.8) is 0 Å². The fourth-order valence-electron chi connectivity index (χ4n) is 2.56. The van der Waals surface area contributed by atoms with Gasteiger partial charge in [0.05, 0.1) is 10.6 Å². The molecule has 1 fully saturated rings. The first-order valence-electron chi connectivity index (χ1n) is 7.48. The van der Waals surface area contributed by atoms with E-state index in [0.717, 1.165) is 35.2 Å². The molecule has 0 aliphatic carbocycles. The van der Waals surface area contributed by atoms with Gasteiger partial charge in [0.2, 0.25) is 5.91 Å². The summed E-state index contributed by atoms with van der Waals surface area (Å²) in [5.41, 5.74) is 0.876. The number of nitrogens with zero attached hydrogens (tertiary/aromatic N) is 2. The molecule has 1 aromatic rings. The molecule has 120 valence electrons. The Morgan fingerprint density at radius 1 is 1.26 bits per heavy atom. The van der Waals surface area contributed by atoms with Gasteiger partial charge in [0.25, 0.3) is 5.91 Å². The molecule has 4 nitrogen and oxygen atoms in total. The van der Waals surface area contributed by atoms with Crippen molar-refractivity contribution >= 4 is 41.0 Å². The first-order chi connectivity index (χ1) is 11.2. The van der Waals surface area contributed by atoms with Gasteiger partial charge in [-0.25, -0.2) is 0 Å². The highest BCUT2D eigenvalue weighted by atomic mass is 32.2. The SMILES string of the molecule is C=CCN1C(=O)/C(=C\C(=O)N2CCSCC2)Sc2ccccc21. The van der Waals surface area contributed by atoms with E-state index in [4.69, 9.17) is 0 Å². The summed E-state index contributed by atoms with van der Waals surface area (Å²) in [6.07, 6.45) is 3.20. The molecule has 0 saturated carbocycles. The molecule has 3 rings (SSSR count). The lowest BCUT2D eigenvalue weighted by Crippen LogP contribution is -2.38. The van der Waals surface area contributed by atoms with Crippen molar-refractivity contribution in [1.29, 1.82) is 0 Å². The number of hydrogen-bond acceptors (Lipinski definition) is 4. The van der Waals surface area contributed by atoms with E-state index >= 15 is 0 Å². The standard InChI is InChI=1S/C17H18N2O2S2/c1-2-7-19-13-5-3-4-6-14(13)23-15(17(19)21)12-16(20)18-8-10-22-11-9-18/h2-6,12H,1,7-11H2/b15-12+. The maximum absolute atomic E-state index is 12.7. The third-order valence-electron chi connectivity index (χ3n) is 3.72. The summed E-state index contributed by atoms with van der Waals surface area (Å²) in [6, 6.07) is 7.74. The Morgan fingerprint density at radius 2 is 2.00 bits per heavy atom. The van der Waals surface area contributed by atoms with Crippen LogP contribution < -0.4 is 4.90 Å². The van der Waals surface area contributed by atoms with Gasteiger partial charge in [-0.1, -0.05) is 30.0 Å². The number of carbonyl (C=O) groups is 2. The maximum atomic E-state index is 12.7. The molecule has 1 saturated heterocycles. The number of benzene rings is 1. The summed E-state index contributed by atoms with van der Waals surface area (Å²) in [5, 5.41) is 0. The predicted octanol–water partition coefficient (Wildman–Crippen LogP) is 2.77. The Kier molecular flexibility index (Phi) is 5.13. The minimum absolute atomic E-state index is 0.0703. The predicted molar refractivity (Wildman–Crippen MR) is 96.8 cm³/mol. The zero-order valence-corrected chi connectivity index (χ0v) is 14.4. The molecule has 0 spiro atoms. The second-order valence-corrected chi connectivity index (χ2v) is 7.53. The quantitative estimate of drug-likeness (QED) is 0.623. The van der Waals surface area contributed by atoms with Crippen LogP contribution in [0.15, 0.2) is 52.8 Å². The fourth-order valence-corrected chi connectivity index (χ4v) is 4.49. The van der Waals surface area contributed by atoms with Gasteiger partial charge in [-0.05, 0) is 12.1 Å². The van der Waals surface area contributed by atoms with Crippen LogP contribution in [0.25, 0.3) is 0 Å². The monoisotopic (exact) mass is 346 g/mol. The van der Waals surface area contributed by atoms with Crippen molar-refractivity contribution < 1.29 is 9.59 Å². The van der Waals surface area contributed by atoms with Gasteiger partial charge in [0, 0.05) is 42.1 Å². The molecule has 2 aliphatic heterocycles. The van der Waals surface area contributed by atoms with Crippen LogP contribution in [0.1, 0.15) is 0 Å². The van der Waals surface area contributed by atoms with Crippen LogP contribution >= 0.6 is 23.5 Å². The molecule has 2 aliphatic rings. The Labute approximate surface area is 144 Å². The average Bonchev–Trinajstić information content (AvgIpc) is 2.59. The molecule has 2 heterocycles. The fraction of sp³-hybridized carbons (Fsp3) is 0.294. The first-order valence-corrected chi connectivity index (χ1v) is 9.46. The van der Waals surface area contributed by atoms with Crippen LogP contribution in [0.5, 0.6) is 0 Å². The highest BCUT2D eigenvalue weighted by Gasteiger charge is 2.29. The van der Waals surface area contributed by atoms with Gasteiger partial charge in [-0.15, -0.1) is 6.58 Å². The minimum Gasteiger partial charge on any atom is -0.337 e. The van der Waals surface area contributed by atoms with E-state index in [-0.39, 0.29) is 11.8 Å². The Balaban J connectivity index is 1.88. The molecular weight excluding hydrogens is 328 g/mol. The number of fused-ring (bicyclic) bond motifs is 1. The highest BCUT2D eigenvalue weighted by molar-refractivity contribution is 8.04. The molecule has 1 aromatic carbocycles. The van der Waals surface area contributed by atoms with Crippen LogP contribution in [0.4, 0.5) is 5.69 Å². The third-order valence-corrected chi connectivity index (χ3v) is 5.74. The number of thioether (sulfide) groups is 2. The van der Waals surface area contributed by atoms with Gasteiger partial charge in [0.1, 0.15) is 0 Å². The molecule has 0 unspecified atom stereocenters. The zero-order chi connectivity index (χ0) is 16.2. The Hall–Kier alpha value is -1.66. The molecule has 6 heteroatoms. The van der Waals surface area contributed by atoms with Crippen molar-refractivity contribution in [2.75, 3.05) is 36.0 Å². The van der Waals surface area contributed by atoms with Gasteiger partial charge in [0.15, 0.2) is 0 Å². The molecule has 23 heavy (non-hydrogen) atoms. The van der Waals surface area contributed by atoms with Gasteiger partial charge >= 0.3 is 0 Å². The van der Waals surface area contributed by atoms with E-state index in [1.807, 2.05) is 40.9 Å². The topological polar surface area (TPSA) is 40.6 Å². The highest BCUT2D eigenvalue weighted by Crippen LogP contribution is 2.41. The molecule has 0 aromatic heterocycles. The third kappa shape index (κ3) is 3.48. The summed E-state index contributed by atoms with van der Waals surface area (Å²) in [6.45, 7) is 5.65. The van der Waals surface area contributed by atoms with Crippen LogP contribution in [-0.4, -0.2) is 47.9 Å². The lowest BCUT2D eigenvalue weighted by atomic mass is 10.2. The first kappa shape index (κ1) is 16.2. The molecule has 0 radical (unpaired) electrons. The summed E-state index contributed by atoms with van der Waals surface area (Å²) >= 11 is 3.22. The number of anilines is 1. The molecule has 0 N–H and O–H groups in total. The van der Waals surface area contributed by atoms with Gasteiger partial charge in [-0.3, -0.25) is 9.59 Å². The molecule has 0 bridgehead atoms. The van der Waals surface area contributed by atoms with Crippen LogP contribution in [0.3, 0.4) is 0 Å². The van der Waals surface area contributed by atoms with Crippen molar-refractivity contribution in [2.24, 2.45) is 0 Å². The number of hydrogen-bond donors (Lipinski definition) is 0. The van der Waals surface area contributed by atoms with E-state index in [2.05, 4.69) is 6.58 Å². The number of amides is 2. The molecule has 2 amide bonds.